The van der Waals surface area contributed by atoms with Gasteiger partial charge in [-0.15, -0.1) is 0 Å². The lowest BCUT2D eigenvalue weighted by molar-refractivity contribution is 0.936. The van der Waals surface area contributed by atoms with Crippen molar-refractivity contribution in [3.8, 4) is 0 Å². The normalized spacial score (nSPS) is 13.0. The first-order valence-corrected chi connectivity index (χ1v) is 8.35. The number of rotatable bonds is 4. The molecule has 120 valence electrons. The number of halogens is 1. The van der Waals surface area contributed by atoms with Gasteiger partial charge in [-0.05, 0) is 35.7 Å². The molecule has 0 bridgehead atoms. The molecule has 1 aromatic heterocycles. The number of hydrogen-bond donors (Lipinski definition) is 1. The van der Waals surface area contributed by atoms with Crippen molar-refractivity contribution in [3.05, 3.63) is 76.9 Å². The molecule has 4 nitrogen and oxygen atoms in total. The fourth-order valence-electron chi connectivity index (χ4n) is 2.95. The monoisotopic (exact) mass is 336 g/mol. The first-order valence-electron chi connectivity index (χ1n) is 7.97. The highest BCUT2D eigenvalue weighted by atomic mass is 35.5. The maximum Gasteiger partial charge on any atom is 0.231 e. The number of aromatic nitrogens is 2. The summed E-state index contributed by atoms with van der Waals surface area (Å²) in [6.45, 7) is 1.54. The maximum absolute atomic E-state index is 6.20. The van der Waals surface area contributed by atoms with E-state index in [-0.39, 0.29) is 0 Å². The van der Waals surface area contributed by atoms with Crippen LogP contribution in [-0.4, -0.2) is 16.5 Å². The third-order valence-electron chi connectivity index (χ3n) is 4.19. The van der Waals surface area contributed by atoms with Gasteiger partial charge in [0.2, 0.25) is 5.95 Å². The Morgan fingerprint density at radius 2 is 1.88 bits per heavy atom. The van der Waals surface area contributed by atoms with Crippen LogP contribution in [0.4, 0.5) is 17.5 Å². The number of nitrogens with one attached hydrogen (secondary N) is 1. The Bertz CT molecular complexity index is 865. The molecule has 0 radical (unpaired) electrons. The third-order valence-corrected chi connectivity index (χ3v) is 4.56. The fourth-order valence-corrected chi connectivity index (χ4v) is 3.15. The van der Waals surface area contributed by atoms with Crippen LogP contribution in [0.1, 0.15) is 11.1 Å². The molecule has 0 saturated heterocycles. The zero-order valence-corrected chi connectivity index (χ0v) is 13.9. The molecule has 0 amide bonds. The Kier molecular flexibility index (Phi) is 4.05. The van der Waals surface area contributed by atoms with E-state index in [1.54, 1.807) is 6.20 Å². The van der Waals surface area contributed by atoms with Crippen LogP contribution in [0.2, 0.25) is 5.02 Å². The molecule has 5 heteroatoms. The molecule has 1 N–H and O–H groups in total. The van der Waals surface area contributed by atoms with Gasteiger partial charge >= 0.3 is 0 Å². The number of fused-ring (bicyclic) bond motifs is 1. The van der Waals surface area contributed by atoms with Crippen LogP contribution in [0.5, 0.6) is 0 Å². The van der Waals surface area contributed by atoms with Gasteiger partial charge in [0.05, 0.1) is 0 Å². The SMILES string of the molecule is Clc1ccccc1CNc1ccnc(N2CCc3ccccc32)n1. The van der Waals surface area contributed by atoms with Crippen molar-refractivity contribution >= 4 is 29.1 Å². The fraction of sp³-hybridized carbons (Fsp3) is 0.158. The summed E-state index contributed by atoms with van der Waals surface area (Å²) in [6, 6.07) is 18.1. The Labute approximate surface area is 146 Å². The van der Waals surface area contributed by atoms with Gasteiger partial charge in [0.1, 0.15) is 5.82 Å². The quantitative estimate of drug-likeness (QED) is 0.765. The van der Waals surface area contributed by atoms with Crippen molar-refractivity contribution < 1.29 is 0 Å². The molecule has 0 fully saturated rings. The predicted octanol–water partition coefficient (Wildman–Crippen LogP) is 4.44. The van der Waals surface area contributed by atoms with Gasteiger partial charge < -0.3 is 10.2 Å². The van der Waals surface area contributed by atoms with Gasteiger partial charge in [-0.3, -0.25) is 0 Å². The van der Waals surface area contributed by atoms with Crippen molar-refractivity contribution in [1.82, 2.24) is 9.97 Å². The molecule has 1 aliphatic rings. The molecule has 2 heterocycles. The van der Waals surface area contributed by atoms with E-state index in [0.717, 1.165) is 35.3 Å². The topological polar surface area (TPSA) is 41.1 Å². The standard InChI is InChI=1S/C19H17ClN4/c20-16-7-3-1-6-15(16)13-22-18-9-11-21-19(23-18)24-12-10-14-5-2-4-8-17(14)24/h1-9,11H,10,12-13H2,(H,21,22,23). The van der Waals surface area contributed by atoms with Gasteiger partial charge in [-0.1, -0.05) is 48.0 Å². The van der Waals surface area contributed by atoms with E-state index in [1.165, 1.54) is 11.3 Å². The number of benzene rings is 2. The molecule has 0 atom stereocenters. The van der Waals surface area contributed by atoms with Crippen molar-refractivity contribution in [3.63, 3.8) is 0 Å². The molecule has 3 aromatic rings. The molecular formula is C19H17ClN4. The molecule has 2 aromatic carbocycles. The predicted molar refractivity (Wildman–Crippen MR) is 98.0 cm³/mol. The Balaban J connectivity index is 1.54. The lowest BCUT2D eigenvalue weighted by Gasteiger charge is -2.17. The van der Waals surface area contributed by atoms with Gasteiger partial charge in [-0.2, -0.15) is 4.98 Å². The van der Waals surface area contributed by atoms with Crippen LogP contribution in [0, 0.1) is 0 Å². The number of anilines is 3. The second-order valence-electron chi connectivity index (χ2n) is 5.72. The zero-order chi connectivity index (χ0) is 16.4. The van der Waals surface area contributed by atoms with E-state index >= 15 is 0 Å². The van der Waals surface area contributed by atoms with E-state index in [9.17, 15) is 0 Å². The summed E-state index contributed by atoms with van der Waals surface area (Å²) in [5, 5.41) is 4.08. The van der Waals surface area contributed by atoms with Crippen LogP contribution in [0.15, 0.2) is 60.8 Å². The van der Waals surface area contributed by atoms with Crippen LogP contribution < -0.4 is 10.2 Å². The van der Waals surface area contributed by atoms with Gasteiger partial charge in [0.15, 0.2) is 0 Å². The largest absolute Gasteiger partial charge is 0.366 e. The van der Waals surface area contributed by atoms with Crippen LogP contribution in [0.3, 0.4) is 0 Å². The highest BCUT2D eigenvalue weighted by molar-refractivity contribution is 6.31. The van der Waals surface area contributed by atoms with Gasteiger partial charge in [0.25, 0.3) is 0 Å². The molecule has 0 saturated carbocycles. The van der Waals surface area contributed by atoms with E-state index in [4.69, 9.17) is 11.6 Å². The average Bonchev–Trinajstić information content (AvgIpc) is 3.05. The molecule has 0 unspecified atom stereocenters. The summed E-state index contributed by atoms with van der Waals surface area (Å²) < 4.78 is 0. The smallest absolute Gasteiger partial charge is 0.231 e. The summed E-state index contributed by atoms with van der Waals surface area (Å²) in [4.78, 5) is 11.3. The van der Waals surface area contributed by atoms with E-state index in [0.29, 0.717) is 6.54 Å². The molecule has 4 rings (SSSR count). The van der Waals surface area contributed by atoms with E-state index in [2.05, 4.69) is 44.5 Å². The minimum atomic E-state index is 0.632. The maximum atomic E-state index is 6.20. The second-order valence-corrected chi connectivity index (χ2v) is 6.12. The zero-order valence-electron chi connectivity index (χ0n) is 13.1. The summed E-state index contributed by atoms with van der Waals surface area (Å²) in [5.41, 5.74) is 3.59. The molecule has 1 aliphatic heterocycles. The minimum Gasteiger partial charge on any atom is -0.366 e. The summed E-state index contributed by atoms with van der Waals surface area (Å²) in [5.74, 6) is 1.52. The molecule has 0 aliphatic carbocycles. The van der Waals surface area contributed by atoms with E-state index in [1.807, 2.05) is 30.3 Å². The molecule has 0 spiro atoms. The van der Waals surface area contributed by atoms with Gasteiger partial charge in [0, 0.05) is 30.0 Å². The lowest BCUT2D eigenvalue weighted by atomic mass is 10.2. The van der Waals surface area contributed by atoms with Crippen molar-refractivity contribution in [2.45, 2.75) is 13.0 Å². The Hall–Kier alpha value is -2.59. The van der Waals surface area contributed by atoms with Crippen molar-refractivity contribution in [2.24, 2.45) is 0 Å². The lowest BCUT2D eigenvalue weighted by Crippen LogP contribution is -2.17. The highest BCUT2D eigenvalue weighted by Crippen LogP contribution is 2.32. The van der Waals surface area contributed by atoms with Crippen molar-refractivity contribution in [1.29, 1.82) is 0 Å². The first kappa shape index (κ1) is 15.0. The van der Waals surface area contributed by atoms with Crippen molar-refractivity contribution in [2.75, 3.05) is 16.8 Å². The summed E-state index contributed by atoms with van der Waals surface area (Å²) >= 11 is 6.20. The first-order chi connectivity index (χ1) is 11.8. The third kappa shape index (κ3) is 2.93. The molecule has 24 heavy (non-hydrogen) atoms. The Morgan fingerprint density at radius 1 is 1.04 bits per heavy atom. The summed E-state index contributed by atoms with van der Waals surface area (Å²) in [7, 11) is 0. The summed E-state index contributed by atoms with van der Waals surface area (Å²) in [6.07, 6.45) is 2.81. The van der Waals surface area contributed by atoms with Crippen LogP contribution >= 0.6 is 11.6 Å². The number of nitrogens with zero attached hydrogens (tertiary/aromatic N) is 3. The Morgan fingerprint density at radius 3 is 2.79 bits per heavy atom. The number of para-hydroxylation sites is 1. The van der Waals surface area contributed by atoms with Gasteiger partial charge in [-0.25, -0.2) is 4.98 Å². The number of hydrogen-bond acceptors (Lipinski definition) is 4. The molecular weight excluding hydrogens is 320 g/mol. The van der Waals surface area contributed by atoms with Crippen LogP contribution in [-0.2, 0) is 13.0 Å². The highest BCUT2D eigenvalue weighted by Gasteiger charge is 2.21. The second kappa shape index (κ2) is 6.49. The average molecular weight is 337 g/mol. The van der Waals surface area contributed by atoms with E-state index < -0.39 is 0 Å². The minimum absolute atomic E-state index is 0.632. The van der Waals surface area contributed by atoms with Crippen LogP contribution in [0.25, 0.3) is 0 Å².